The first kappa shape index (κ1) is 15.1. The predicted molar refractivity (Wildman–Crippen MR) is 87.9 cm³/mol. The van der Waals surface area contributed by atoms with Crippen LogP contribution in [0.15, 0.2) is 18.3 Å². The lowest BCUT2D eigenvalue weighted by atomic mass is 9.96. The van der Waals surface area contributed by atoms with Gasteiger partial charge in [0.25, 0.3) is 0 Å². The molecule has 1 aromatic rings. The van der Waals surface area contributed by atoms with Crippen LogP contribution in [0.3, 0.4) is 0 Å². The molecule has 5 heteroatoms. The average molecular weight is 302 g/mol. The Labute approximate surface area is 132 Å². The van der Waals surface area contributed by atoms with Crippen LogP contribution in [0.4, 0.5) is 10.6 Å². The highest BCUT2D eigenvalue weighted by molar-refractivity contribution is 5.74. The summed E-state index contributed by atoms with van der Waals surface area (Å²) >= 11 is 0. The van der Waals surface area contributed by atoms with Gasteiger partial charge in [0.1, 0.15) is 5.82 Å². The highest BCUT2D eigenvalue weighted by Gasteiger charge is 2.16. The fourth-order valence-electron chi connectivity index (χ4n) is 3.36. The van der Waals surface area contributed by atoms with E-state index in [1.807, 2.05) is 12.3 Å². The third-order valence-electron chi connectivity index (χ3n) is 4.63. The van der Waals surface area contributed by atoms with Gasteiger partial charge in [-0.1, -0.05) is 19.3 Å². The number of nitrogens with one attached hydrogen (secondary N) is 2. The van der Waals surface area contributed by atoms with E-state index in [1.54, 1.807) is 0 Å². The number of urea groups is 1. The van der Waals surface area contributed by atoms with Crippen molar-refractivity contribution in [2.75, 3.05) is 18.0 Å². The Hall–Kier alpha value is -1.78. The first-order valence-electron chi connectivity index (χ1n) is 8.55. The maximum atomic E-state index is 12.0. The maximum Gasteiger partial charge on any atom is 0.315 e. The van der Waals surface area contributed by atoms with Crippen molar-refractivity contribution in [2.24, 2.45) is 0 Å². The Morgan fingerprint density at radius 2 is 1.95 bits per heavy atom. The molecule has 2 amide bonds. The van der Waals surface area contributed by atoms with E-state index >= 15 is 0 Å². The molecule has 1 saturated carbocycles. The molecule has 0 aromatic carbocycles. The van der Waals surface area contributed by atoms with Gasteiger partial charge in [-0.25, -0.2) is 9.78 Å². The van der Waals surface area contributed by atoms with E-state index in [4.69, 9.17) is 0 Å². The molecule has 1 aliphatic heterocycles. The SMILES string of the molecule is O=C(NCc1ccnc(N2CCCC2)c1)NC1CCCCC1. The lowest BCUT2D eigenvalue weighted by Crippen LogP contribution is -2.42. The first-order valence-corrected chi connectivity index (χ1v) is 8.55. The number of hydrogen-bond donors (Lipinski definition) is 2. The van der Waals surface area contributed by atoms with E-state index in [0.29, 0.717) is 12.6 Å². The highest BCUT2D eigenvalue weighted by atomic mass is 16.2. The quantitative estimate of drug-likeness (QED) is 0.899. The molecule has 0 radical (unpaired) electrons. The van der Waals surface area contributed by atoms with Crippen molar-refractivity contribution in [1.29, 1.82) is 0 Å². The van der Waals surface area contributed by atoms with Crippen molar-refractivity contribution in [3.63, 3.8) is 0 Å². The van der Waals surface area contributed by atoms with Crippen LogP contribution >= 0.6 is 0 Å². The molecule has 2 fully saturated rings. The highest BCUT2D eigenvalue weighted by Crippen LogP contribution is 2.19. The van der Waals surface area contributed by atoms with Gasteiger partial charge in [-0.15, -0.1) is 0 Å². The van der Waals surface area contributed by atoms with Crippen LogP contribution in [-0.2, 0) is 6.54 Å². The van der Waals surface area contributed by atoms with Gasteiger partial charge in [0.2, 0.25) is 0 Å². The summed E-state index contributed by atoms with van der Waals surface area (Å²) in [6.45, 7) is 2.74. The van der Waals surface area contributed by atoms with Gasteiger partial charge in [-0.05, 0) is 43.4 Å². The molecule has 2 N–H and O–H groups in total. The van der Waals surface area contributed by atoms with Crippen molar-refractivity contribution < 1.29 is 4.79 Å². The maximum absolute atomic E-state index is 12.0. The number of pyridine rings is 1. The topological polar surface area (TPSA) is 57.3 Å². The number of aromatic nitrogens is 1. The molecule has 0 bridgehead atoms. The molecule has 22 heavy (non-hydrogen) atoms. The molecule has 5 nitrogen and oxygen atoms in total. The van der Waals surface area contributed by atoms with Gasteiger partial charge >= 0.3 is 6.03 Å². The minimum Gasteiger partial charge on any atom is -0.357 e. The summed E-state index contributed by atoms with van der Waals surface area (Å²) in [5, 5.41) is 6.05. The predicted octanol–water partition coefficient (Wildman–Crippen LogP) is 2.81. The number of amides is 2. The van der Waals surface area contributed by atoms with Crippen LogP contribution in [0.25, 0.3) is 0 Å². The van der Waals surface area contributed by atoms with Crippen molar-refractivity contribution >= 4 is 11.8 Å². The van der Waals surface area contributed by atoms with Crippen LogP contribution in [-0.4, -0.2) is 30.1 Å². The Balaban J connectivity index is 1.48. The van der Waals surface area contributed by atoms with Gasteiger partial charge in [0.05, 0.1) is 0 Å². The third-order valence-corrected chi connectivity index (χ3v) is 4.63. The summed E-state index contributed by atoms with van der Waals surface area (Å²) in [7, 11) is 0. The summed E-state index contributed by atoms with van der Waals surface area (Å²) in [4.78, 5) is 18.7. The Bertz CT molecular complexity index is 493. The van der Waals surface area contributed by atoms with Gasteiger partial charge < -0.3 is 15.5 Å². The van der Waals surface area contributed by atoms with E-state index in [9.17, 15) is 4.79 Å². The fourth-order valence-corrected chi connectivity index (χ4v) is 3.36. The zero-order valence-electron chi connectivity index (χ0n) is 13.2. The molecule has 1 aliphatic carbocycles. The molecule has 0 unspecified atom stereocenters. The Morgan fingerprint density at radius 1 is 1.18 bits per heavy atom. The van der Waals surface area contributed by atoms with E-state index in [-0.39, 0.29) is 6.03 Å². The molecule has 2 aliphatic rings. The summed E-state index contributed by atoms with van der Waals surface area (Å²) in [6, 6.07) is 4.37. The average Bonchev–Trinajstić information content (AvgIpc) is 3.09. The summed E-state index contributed by atoms with van der Waals surface area (Å²) < 4.78 is 0. The van der Waals surface area contributed by atoms with Gasteiger partial charge in [-0.2, -0.15) is 0 Å². The molecule has 1 aromatic heterocycles. The lowest BCUT2D eigenvalue weighted by molar-refractivity contribution is 0.232. The van der Waals surface area contributed by atoms with Gasteiger partial charge in [0.15, 0.2) is 0 Å². The minimum atomic E-state index is -0.0496. The largest absolute Gasteiger partial charge is 0.357 e. The smallest absolute Gasteiger partial charge is 0.315 e. The van der Waals surface area contributed by atoms with Gasteiger partial charge in [-0.3, -0.25) is 0 Å². The Kier molecular flexibility index (Phi) is 5.14. The van der Waals surface area contributed by atoms with Crippen LogP contribution in [0.1, 0.15) is 50.5 Å². The standard InChI is InChI=1S/C17H26N4O/c22-17(20-15-6-2-1-3-7-15)19-13-14-8-9-18-16(12-14)21-10-4-5-11-21/h8-9,12,15H,1-7,10-11,13H2,(H2,19,20,22). The third kappa shape index (κ3) is 4.12. The molecular weight excluding hydrogens is 276 g/mol. The molecule has 0 atom stereocenters. The van der Waals surface area contributed by atoms with Gasteiger partial charge in [0, 0.05) is 31.9 Å². The normalized spacial score (nSPS) is 19.2. The van der Waals surface area contributed by atoms with E-state index in [1.165, 1.54) is 32.1 Å². The molecule has 0 spiro atoms. The number of rotatable bonds is 4. The minimum absolute atomic E-state index is 0.0496. The number of carbonyl (C=O) groups excluding carboxylic acids is 1. The first-order chi connectivity index (χ1) is 10.8. The van der Waals surface area contributed by atoms with Crippen molar-refractivity contribution in [1.82, 2.24) is 15.6 Å². The number of nitrogens with zero attached hydrogens (tertiary/aromatic N) is 2. The van der Waals surface area contributed by atoms with E-state index in [0.717, 1.165) is 37.3 Å². The second kappa shape index (κ2) is 7.47. The number of anilines is 1. The second-order valence-corrected chi connectivity index (χ2v) is 6.38. The van der Waals surface area contributed by atoms with Crippen LogP contribution in [0.5, 0.6) is 0 Å². The molecule has 120 valence electrons. The molecule has 3 rings (SSSR count). The molecule has 2 heterocycles. The zero-order chi connectivity index (χ0) is 15.2. The van der Waals surface area contributed by atoms with Crippen molar-refractivity contribution in [2.45, 2.75) is 57.5 Å². The monoisotopic (exact) mass is 302 g/mol. The van der Waals surface area contributed by atoms with Crippen molar-refractivity contribution in [3.8, 4) is 0 Å². The molecular formula is C17H26N4O. The van der Waals surface area contributed by atoms with Crippen LogP contribution < -0.4 is 15.5 Å². The lowest BCUT2D eigenvalue weighted by Gasteiger charge is -2.23. The van der Waals surface area contributed by atoms with Crippen LogP contribution in [0, 0.1) is 0 Å². The molecule has 1 saturated heterocycles. The number of carbonyl (C=O) groups is 1. The van der Waals surface area contributed by atoms with E-state index < -0.39 is 0 Å². The van der Waals surface area contributed by atoms with Crippen molar-refractivity contribution in [3.05, 3.63) is 23.9 Å². The second-order valence-electron chi connectivity index (χ2n) is 6.38. The zero-order valence-corrected chi connectivity index (χ0v) is 13.2. The summed E-state index contributed by atoms with van der Waals surface area (Å²) in [5.41, 5.74) is 1.11. The fraction of sp³-hybridized carbons (Fsp3) is 0.647. The van der Waals surface area contributed by atoms with Crippen LogP contribution in [0.2, 0.25) is 0 Å². The van der Waals surface area contributed by atoms with E-state index in [2.05, 4.69) is 26.6 Å². The summed E-state index contributed by atoms with van der Waals surface area (Å²) in [6.07, 6.45) is 10.3. The summed E-state index contributed by atoms with van der Waals surface area (Å²) in [5.74, 6) is 1.03. The Morgan fingerprint density at radius 3 is 2.73 bits per heavy atom. The number of hydrogen-bond acceptors (Lipinski definition) is 3.